The van der Waals surface area contributed by atoms with Gasteiger partial charge in [0, 0.05) is 32.0 Å². The average molecular weight is 542 g/mol. The Hall–Kier alpha value is -1.57. The van der Waals surface area contributed by atoms with Crippen LogP contribution < -0.4 is 0 Å². The summed E-state index contributed by atoms with van der Waals surface area (Å²) in [4.78, 5) is 17.5. The summed E-state index contributed by atoms with van der Waals surface area (Å²) in [5.74, 6) is 0.991. The van der Waals surface area contributed by atoms with Gasteiger partial charge in [-0.1, -0.05) is 53.2 Å². The fourth-order valence-corrected chi connectivity index (χ4v) is 3.89. The molecule has 0 amide bonds. The third-order valence-corrected chi connectivity index (χ3v) is 5.87. The van der Waals surface area contributed by atoms with Crippen molar-refractivity contribution in [2.75, 3.05) is 51.0 Å². The summed E-state index contributed by atoms with van der Waals surface area (Å²) in [6, 6.07) is 5.07. The van der Waals surface area contributed by atoms with Gasteiger partial charge < -0.3 is 14.6 Å². The lowest BCUT2D eigenvalue weighted by Gasteiger charge is -2.22. The van der Waals surface area contributed by atoms with Gasteiger partial charge in [0.05, 0.1) is 25.5 Å². The Kier molecular flexibility index (Phi) is 30.1. The maximum atomic E-state index is 11.2. The Labute approximate surface area is 228 Å². The number of aromatic nitrogens is 1. The van der Waals surface area contributed by atoms with Crippen molar-refractivity contribution in [3.63, 3.8) is 0 Å². The zero-order chi connectivity index (χ0) is 27.3. The molecule has 0 radical (unpaired) electrons. The van der Waals surface area contributed by atoms with Crippen LogP contribution >= 0.6 is 23.5 Å². The van der Waals surface area contributed by atoms with Crippen molar-refractivity contribution in [3.05, 3.63) is 41.1 Å². The van der Waals surface area contributed by atoms with E-state index in [1.54, 1.807) is 17.8 Å². The number of pyridine rings is 1. The Balaban J connectivity index is 0. The van der Waals surface area contributed by atoms with Gasteiger partial charge in [0.1, 0.15) is 11.1 Å². The van der Waals surface area contributed by atoms with E-state index in [4.69, 9.17) is 19.8 Å². The van der Waals surface area contributed by atoms with Crippen molar-refractivity contribution < 1.29 is 19.4 Å². The van der Waals surface area contributed by atoms with Crippen molar-refractivity contribution >= 4 is 29.5 Å². The maximum absolute atomic E-state index is 11.2. The number of rotatable bonds is 20. The molecule has 1 rings (SSSR count). The van der Waals surface area contributed by atoms with E-state index in [0.717, 1.165) is 62.6 Å². The molecule has 0 bridgehead atoms. The summed E-state index contributed by atoms with van der Waals surface area (Å²) < 4.78 is 11.3. The van der Waals surface area contributed by atoms with Crippen molar-refractivity contribution in [2.45, 2.75) is 66.8 Å². The number of carbonyl (C=O) groups is 1. The minimum Gasteiger partial charge on any atom is -0.477 e. The molecule has 0 aliphatic carbocycles. The topological polar surface area (TPSA) is 95.7 Å². The summed E-state index contributed by atoms with van der Waals surface area (Å²) in [5, 5.41) is 21.8. The smallest absolute Gasteiger partial charge is 0.354 e. The number of nitrogens with zero attached hydrogens (tertiary/aromatic N) is 3. The molecular weight excluding hydrogens is 494 g/mol. The van der Waals surface area contributed by atoms with Gasteiger partial charge in [-0.2, -0.15) is 5.26 Å². The predicted octanol–water partition coefficient (Wildman–Crippen LogP) is 6.71. The van der Waals surface area contributed by atoms with Crippen molar-refractivity contribution in [3.8, 4) is 5.40 Å². The highest BCUT2D eigenvalue weighted by Crippen LogP contribution is 2.10. The molecule has 0 atom stereocenters. The Morgan fingerprint density at radius 2 is 1.78 bits per heavy atom. The van der Waals surface area contributed by atoms with E-state index in [-0.39, 0.29) is 5.69 Å². The molecule has 0 aliphatic rings. The van der Waals surface area contributed by atoms with Gasteiger partial charge >= 0.3 is 5.97 Å². The molecule has 0 saturated carbocycles. The van der Waals surface area contributed by atoms with Gasteiger partial charge in [-0.05, 0) is 54.3 Å². The van der Waals surface area contributed by atoms with E-state index < -0.39 is 5.97 Å². The summed E-state index contributed by atoms with van der Waals surface area (Å²) in [5.41, 5.74) is 0.785. The van der Waals surface area contributed by atoms with Crippen LogP contribution in [0.2, 0.25) is 0 Å². The molecule has 9 heteroatoms. The van der Waals surface area contributed by atoms with Crippen LogP contribution in [0.3, 0.4) is 0 Å². The fourth-order valence-electron chi connectivity index (χ4n) is 2.73. The zero-order valence-corrected chi connectivity index (χ0v) is 24.5. The number of carboxylic acid groups (broad SMARTS) is 1. The first-order valence-corrected chi connectivity index (χ1v) is 15.0. The molecular formula is C27H47N3O4S2. The average Bonchev–Trinajstić information content (AvgIpc) is 2.91. The van der Waals surface area contributed by atoms with E-state index in [1.165, 1.54) is 17.8 Å². The standard InChI is InChI=1S/C23H35N3O4S2.2C2H6/c1-2-12-29-14-10-26(19-21-8-6-9-22(25-21)23(27)28)11-15-30-13-7-18-31-16-4-3-5-17-32-20-24;2*1-2/h6-9,18H,2-5,10-17,19H2,1H3,(H,27,28);2*1-2H3/b18-7-;;. The SMILES string of the molecule is CC.CC.CCCOCCN(CCOC/C=C\SCCCCCSC#N)Cc1cccc(C(=O)O)n1. The minimum atomic E-state index is -1.02. The number of thioether (sulfide) groups is 2. The van der Waals surface area contributed by atoms with Crippen molar-refractivity contribution in [1.29, 1.82) is 5.26 Å². The molecule has 0 saturated heterocycles. The lowest BCUT2D eigenvalue weighted by molar-refractivity contribution is 0.0687. The third kappa shape index (κ3) is 22.9. The van der Waals surface area contributed by atoms with Gasteiger partial charge in [0.15, 0.2) is 0 Å². The van der Waals surface area contributed by atoms with Gasteiger partial charge in [-0.25, -0.2) is 9.78 Å². The fraction of sp³-hybridized carbons (Fsp3) is 0.667. The van der Waals surface area contributed by atoms with Crippen LogP contribution in [0.1, 0.15) is 76.5 Å². The number of unbranched alkanes of at least 4 members (excludes halogenated alkanes) is 2. The lowest BCUT2D eigenvalue weighted by Crippen LogP contribution is -2.31. The summed E-state index contributed by atoms with van der Waals surface area (Å²) in [7, 11) is 0. The normalized spacial score (nSPS) is 10.4. The highest BCUT2D eigenvalue weighted by atomic mass is 32.2. The molecule has 1 aromatic heterocycles. The minimum absolute atomic E-state index is 0.0598. The third-order valence-electron chi connectivity index (χ3n) is 4.34. The molecule has 0 aromatic carbocycles. The summed E-state index contributed by atoms with van der Waals surface area (Å²) >= 11 is 3.12. The second kappa shape index (κ2) is 29.7. The first-order valence-electron chi connectivity index (χ1n) is 13.0. The second-order valence-electron chi connectivity index (χ2n) is 7.03. The van der Waals surface area contributed by atoms with Crippen LogP contribution in [-0.4, -0.2) is 72.0 Å². The lowest BCUT2D eigenvalue weighted by atomic mass is 10.3. The summed E-state index contributed by atoms with van der Waals surface area (Å²) in [6.45, 7) is 14.6. The van der Waals surface area contributed by atoms with Crippen LogP contribution in [0.5, 0.6) is 0 Å². The molecule has 1 N–H and O–H groups in total. The molecule has 0 fully saturated rings. The van der Waals surface area contributed by atoms with Crippen LogP contribution in [0.15, 0.2) is 29.7 Å². The monoisotopic (exact) mass is 541 g/mol. The van der Waals surface area contributed by atoms with E-state index in [0.29, 0.717) is 26.4 Å². The van der Waals surface area contributed by atoms with Gasteiger partial charge in [-0.15, -0.1) is 11.8 Å². The number of ether oxygens (including phenoxy) is 2. The van der Waals surface area contributed by atoms with Crippen molar-refractivity contribution in [2.24, 2.45) is 0 Å². The van der Waals surface area contributed by atoms with Gasteiger partial charge in [0.2, 0.25) is 0 Å². The Morgan fingerprint density at radius 1 is 1.08 bits per heavy atom. The highest BCUT2D eigenvalue weighted by Gasteiger charge is 2.10. The zero-order valence-electron chi connectivity index (χ0n) is 22.9. The van der Waals surface area contributed by atoms with Gasteiger partial charge in [0.25, 0.3) is 0 Å². The van der Waals surface area contributed by atoms with Crippen molar-refractivity contribution in [1.82, 2.24) is 9.88 Å². The first-order chi connectivity index (χ1) is 17.7. The van der Waals surface area contributed by atoms with E-state index >= 15 is 0 Å². The molecule has 1 aromatic rings. The Morgan fingerprint density at radius 3 is 2.44 bits per heavy atom. The number of thiocyanates is 1. The molecule has 0 unspecified atom stereocenters. The molecule has 0 spiro atoms. The Bertz CT molecular complexity index is 700. The number of nitriles is 1. The predicted molar refractivity (Wildman–Crippen MR) is 155 cm³/mol. The molecule has 36 heavy (non-hydrogen) atoms. The quantitative estimate of drug-likeness (QED) is 0.143. The molecule has 0 aliphatic heterocycles. The molecule has 7 nitrogen and oxygen atoms in total. The van der Waals surface area contributed by atoms with Crippen LogP contribution in [0.4, 0.5) is 0 Å². The number of hydrogen-bond donors (Lipinski definition) is 1. The maximum Gasteiger partial charge on any atom is 0.354 e. The van der Waals surface area contributed by atoms with E-state index in [2.05, 4.69) is 27.6 Å². The number of aromatic carboxylic acids is 1. The van der Waals surface area contributed by atoms with Gasteiger partial charge in [-0.3, -0.25) is 4.90 Å². The van der Waals surface area contributed by atoms with E-state index in [9.17, 15) is 4.79 Å². The number of carboxylic acids is 1. The number of hydrogen-bond acceptors (Lipinski definition) is 8. The van der Waals surface area contributed by atoms with Crippen LogP contribution in [-0.2, 0) is 16.0 Å². The molecule has 206 valence electrons. The largest absolute Gasteiger partial charge is 0.477 e. The van der Waals surface area contributed by atoms with Crippen LogP contribution in [0, 0.1) is 10.7 Å². The first kappa shape index (κ1) is 36.6. The van der Waals surface area contributed by atoms with Crippen LogP contribution in [0.25, 0.3) is 0 Å². The summed E-state index contributed by atoms with van der Waals surface area (Å²) in [6.07, 6.45) is 6.43. The second-order valence-corrected chi connectivity index (χ2v) is 8.92. The highest BCUT2D eigenvalue weighted by molar-refractivity contribution is 8.03. The van der Waals surface area contributed by atoms with E-state index in [1.807, 2.05) is 39.8 Å². The molecule has 1 heterocycles.